The fourth-order valence-electron chi connectivity index (χ4n) is 2.12. The molecule has 0 amide bonds. The minimum Gasteiger partial charge on any atom is -0.467 e. The molecule has 0 aliphatic heterocycles. The Hall–Kier alpha value is -1.90. The van der Waals surface area contributed by atoms with Gasteiger partial charge in [0.1, 0.15) is 5.76 Å². The highest BCUT2D eigenvalue weighted by molar-refractivity contribution is 5.68. The summed E-state index contributed by atoms with van der Waals surface area (Å²) >= 11 is 0. The lowest BCUT2D eigenvalue weighted by Gasteiger charge is -2.25. The average Bonchev–Trinajstić information content (AvgIpc) is 3.05. The maximum absolute atomic E-state index is 6.04. The van der Waals surface area contributed by atoms with E-state index in [4.69, 9.17) is 10.2 Å². The molecule has 2 aromatic rings. The Morgan fingerprint density at radius 1 is 1.18 bits per heavy atom. The lowest BCUT2D eigenvalue weighted by Crippen LogP contribution is -2.25. The van der Waals surface area contributed by atoms with E-state index in [9.17, 15) is 0 Å². The molecule has 3 heteroatoms. The molecular weight excluding hydrogens is 212 g/mol. The fraction of sp³-hybridized carbons (Fsp3) is 0.286. The molecule has 88 valence electrons. The van der Waals surface area contributed by atoms with Gasteiger partial charge in [-0.3, -0.25) is 0 Å². The number of rotatable bonds is 4. The number of nitrogens with zero attached hydrogens (tertiary/aromatic N) is 1. The summed E-state index contributed by atoms with van der Waals surface area (Å²) in [5.74, 6) is 0.986. The predicted molar refractivity (Wildman–Crippen MR) is 68.8 cm³/mol. The van der Waals surface area contributed by atoms with Crippen LogP contribution < -0.4 is 10.6 Å². The standard InChI is InChI=1S/C14H16N2O/c15-13-5-1-2-6-14(13)16(11-7-8-11)10-12-4-3-9-17-12/h1-6,9,11H,7-8,10,15H2. The van der Waals surface area contributed by atoms with Crippen molar-refractivity contribution in [3.05, 3.63) is 48.4 Å². The quantitative estimate of drug-likeness (QED) is 0.818. The van der Waals surface area contributed by atoms with Crippen LogP contribution in [0.3, 0.4) is 0 Å². The third kappa shape index (κ3) is 2.13. The van der Waals surface area contributed by atoms with Crippen LogP contribution in [0.1, 0.15) is 18.6 Å². The summed E-state index contributed by atoms with van der Waals surface area (Å²) in [5, 5.41) is 0. The van der Waals surface area contributed by atoms with Crippen molar-refractivity contribution in [1.82, 2.24) is 0 Å². The average molecular weight is 228 g/mol. The number of hydrogen-bond acceptors (Lipinski definition) is 3. The van der Waals surface area contributed by atoms with E-state index in [1.165, 1.54) is 12.8 Å². The highest BCUT2D eigenvalue weighted by Crippen LogP contribution is 2.35. The predicted octanol–water partition coefficient (Wildman–Crippen LogP) is 3.03. The van der Waals surface area contributed by atoms with Crippen LogP contribution in [-0.4, -0.2) is 6.04 Å². The number of benzene rings is 1. The summed E-state index contributed by atoms with van der Waals surface area (Å²) < 4.78 is 5.42. The summed E-state index contributed by atoms with van der Waals surface area (Å²) in [5.41, 5.74) is 8.00. The number of para-hydroxylation sites is 2. The van der Waals surface area contributed by atoms with Gasteiger partial charge in [-0.15, -0.1) is 0 Å². The number of nitrogens with two attached hydrogens (primary N) is 1. The summed E-state index contributed by atoms with van der Waals surface area (Å²) in [4.78, 5) is 2.34. The first-order valence-electron chi connectivity index (χ1n) is 5.98. The lowest BCUT2D eigenvalue weighted by molar-refractivity contribution is 0.501. The zero-order chi connectivity index (χ0) is 11.7. The van der Waals surface area contributed by atoms with Gasteiger partial charge >= 0.3 is 0 Å². The topological polar surface area (TPSA) is 42.4 Å². The molecule has 0 radical (unpaired) electrons. The van der Waals surface area contributed by atoms with E-state index in [2.05, 4.69) is 11.0 Å². The molecule has 0 spiro atoms. The first-order chi connectivity index (χ1) is 8.34. The van der Waals surface area contributed by atoms with E-state index < -0.39 is 0 Å². The van der Waals surface area contributed by atoms with E-state index >= 15 is 0 Å². The van der Waals surface area contributed by atoms with Crippen molar-refractivity contribution in [3.8, 4) is 0 Å². The second-order valence-corrected chi connectivity index (χ2v) is 4.50. The maximum atomic E-state index is 6.04. The number of nitrogen functional groups attached to an aromatic ring is 1. The smallest absolute Gasteiger partial charge is 0.123 e. The van der Waals surface area contributed by atoms with Crippen LogP contribution in [0.15, 0.2) is 47.1 Å². The van der Waals surface area contributed by atoms with Crippen molar-refractivity contribution in [2.45, 2.75) is 25.4 Å². The minimum atomic E-state index is 0.616. The zero-order valence-corrected chi connectivity index (χ0v) is 9.67. The summed E-state index contributed by atoms with van der Waals surface area (Å²) in [6.07, 6.45) is 4.21. The molecule has 1 aromatic carbocycles. The Labute approximate surface area is 101 Å². The normalized spacial score (nSPS) is 14.8. The van der Waals surface area contributed by atoms with Crippen LogP contribution in [0.25, 0.3) is 0 Å². The van der Waals surface area contributed by atoms with Crippen LogP contribution in [-0.2, 0) is 6.54 Å². The molecule has 17 heavy (non-hydrogen) atoms. The van der Waals surface area contributed by atoms with E-state index in [-0.39, 0.29) is 0 Å². The van der Waals surface area contributed by atoms with Gasteiger partial charge < -0.3 is 15.1 Å². The van der Waals surface area contributed by atoms with Gasteiger partial charge in [-0.05, 0) is 37.1 Å². The second kappa shape index (κ2) is 4.17. The Morgan fingerprint density at radius 3 is 2.65 bits per heavy atom. The maximum Gasteiger partial charge on any atom is 0.123 e. The summed E-state index contributed by atoms with van der Waals surface area (Å²) in [7, 11) is 0. The van der Waals surface area contributed by atoms with Gasteiger partial charge in [0.25, 0.3) is 0 Å². The monoisotopic (exact) mass is 228 g/mol. The molecule has 0 bridgehead atoms. The first kappa shape index (κ1) is 10.3. The van der Waals surface area contributed by atoms with Gasteiger partial charge in [-0.1, -0.05) is 12.1 Å². The third-order valence-electron chi connectivity index (χ3n) is 3.14. The highest BCUT2D eigenvalue weighted by Gasteiger charge is 2.30. The Morgan fingerprint density at radius 2 is 2.00 bits per heavy atom. The Bertz CT molecular complexity index is 489. The summed E-state index contributed by atoms with van der Waals surface area (Å²) in [6, 6.07) is 12.6. The van der Waals surface area contributed by atoms with Crippen molar-refractivity contribution < 1.29 is 4.42 Å². The molecule has 3 rings (SSSR count). The van der Waals surface area contributed by atoms with Crippen molar-refractivity contribution in [3.63, 3.8) is 0 Å². The number of furan rings is 1. The van der Waals surface area contributed by atoms with Crippen molar-refractivity contribution in [2.24, 2.45) is 0 Å². The Kier molecular flexibility index (Phi) is 2.52. The fourth-order valence-corrected chi connectivity index (χ4v) is 2.12. The molecule has 2 N–H and O–H groups in total. The minimum absolute atomic E-state index is 0.616. The van der Waals surface area contributed by atoms with Gasteiger partial charge in [0, 0.05) is 6.04 Å². The summed E-state index contributed by atoms with van der Waals surface area (Å²) in [6.45, 7) is 0.798. The van der Waals surface area contributed by atoms with E-state index in [1.54, 1.807) is 6.26 Å². The van der Waals surface area contributed by atoms with E-state index in [0.717, 1.165) is 23.7 Å². The zero-order valence-electron chi connectivity index (χ0n) is 9.67. The number of hydrogen-bond donors (Lipinski definition) is 1. The molecular formula is C14H16N2O. The lowest BCUT2D eigenvalue weighted by atomic mass is 10.2. The van der Waals surface area contributed by atoms with Crippen LogP contribution in [0, 0.1) is 0 Å². The highest BCUT2D eigenvalue weighted by atomic mass is 16.3. The van der Waals surface area contributed by atoms with Crippen LogP contribution in [0.2, 0.25) is 0 Å². The van der Waals surface area contributed by atoms with Gasteiger partial charge in [-0.25, -0.2) is 0 Å². The van der Waals surface area contributed by atoms with Crippen LogP contribution in [0.5, 0.6) is 0 Å². The SMILES string of the molecule is Nc1ccccc1N(Cc1ccco1)C1CC1. The first-order valence-corrected chi connectivity index (χ1v) is 5.98. The van der Waals surface area contributed by atoms with Crippen molar-refractivity contribution in [1.29, 1.82) is 0 Å². The van der Waals surface area contributed by atoms with Gasteiger partial charge in [0.2, 0.25) is 0 Å². The molecule has 1 fully saturated rings. The molecule has 0 unspecified atom stereocenters. The molecule has 1 aliphatic carbocycles. The van der Waals surface area contributed by atoms with Gasteiger partial charge in [0.05, 0.1) is 24.2 Å². The van der Waals surface area contributed by atoms with E-state index in [0.29, 0.717) is 6.04 Å². The second-order valence-electron chi connectivity index (χ2n) is 4.50. The van der Waals surface area contributed by atoms with Gasteiger partial charge in [-0.2, -0.15) is 0 Å². The van der Waals surface area contributed by atoms with Crippen molar-refractivity contribution in [2.75, 3.05) is 10.6 Å². The Balaban J connectivity index is 1.88. The largest absolute Gasteiger partial charge is 0.467 e. The van der Waals surface area contributed by atoms with Crippen LogP contribution >= 0.6 is 0 Å². The molecule has 1 aromatic heterocycles. The van der Waals surface area contributed by atoms with Crippen LogP contribution in [0.4, 0.5) is 11.4 Å². The molecule has 0 atom stereocenters. The molecule has 1 aliphatic rings. The molecule has 1 saturated carbocycles. The third-order valence-corrected chi connectivity index (χ3v) is 3.14. The van der Waals surface area contributed by atoms with Gasteiger partial charge in [0.15, 0.2) is 0 Å². The molecule has 1 heterocycles. The molecule has 3 nitrogen and oxygen atoms in total. The van der Waals surface area contributed by atoms with E-state index in [1.807, 2.05) is 30.3 Å². The molecule has 0 saturated heterocycles. The van der Waals surface area contributed by atoms with Crippen molar-refractivity contribution >= 4 is 11.4 Å². The number of anilines is 2.